The number of carboxylic acid groups (broad SMARTS) is 1. The summed E-state index contributed by atoms with van der Waals surface area (Å²) in [5.41, 5.74) is 1.68. The number of carbonyl (C=O) groups is 2. The van der Waals surface area contributed by atoms with Gasteiger partial charge in [-0.1, -0.05) is 23.7 Å². The normalized spacial score (nSPS) is 27.4. The van der Waals surface area contributed by atoms with Crippen LogP contribution in [0.5, 0.6) is 0 Å². The lowest BCUT2D eigenvalue weighted by atomic mass is 9.79. The molecule has 1 amide bonds. The van der Waals surface area contributed by atoms with Gasteiger partial charge in [-0.3, -0.25) is 9.59 Å². The summed E-state index contributed by atoms with van der Waals surface area (Å²) in [6.07, 6.45) is 2.72. The number of rotatable bonds is 4. The minimum Gasteiger partial charge on any atom is -0.481 e. The fraction of sp³-hybridized carbons (Fsp3) is 0.389. The quantitative estimate of drug-likeness (QED) is 0.840. The zero-order valence-electron chi connectivity index (χ0n) is 13.3. The van der Waals surface area contributed by atoms with Gasteiger partial charge in [-0.25, -0.2) is 4.98 Å². The molecule has 1 aromatic heterocycles. The molecule has 2 bridgehead atoms. The van der Waals surface area contributed by atoms with Crippen LogP contribution in [0.3, 0.4) is 0 Å². The summed E-state index contributed by atoms with van der Waals surface area (Å²) >= 11 is 7.24. The molecule has 2 fully saturated rings. The van der Waals surface area contributed by atoms with Crippen molar-refractivity contribution in [2.45, 2.75) is 19.3 Å². The van der Waals surface area contributed by atoms with E-state index in [2.05, 4.69) is 10.3 Å². The van der Waals surface area contributed by atoms with Crippen LogP contribution in [0, 0.1) is 23.7 Å². The van der Waals surface area contributed by atoms with Crippen LogP contribution in [0.1, 0.15) is 19.3 Å². The van der Waals surface area contributed by atoms with E-state index < -0.39 is 17.8 Å². The molecular formula is C18H17ClN2O3S. The van der Waals surface area contributed by atoms with E-state index in [0.717, 1.165) is 30.5 Å². The number of carboxylic acids is 1. The number of thiazole rings is 1. The molecule has 5 nitrogen and oxygen atoms in total. The number of anilines is 1. The first kappa shape index (κ1) is 16.5. The summed E-state index contributed by atoms with van der Waals surface area (Å²) in [5, 5.41) is 15.4. The number of fused-ring (bicyclic) bond motifs is 2. The van der Waals surface area contributed by atoms with E-state index >= 15 is 0 Å². The van der Waals surface area contributed by atoms with Crippen molar-refractivity contribution in [3.05, 3.63) is 34.7 Å². The molecule has 2 aliphatic rings. The predicted octanol–water partition coefficient (Wildman–Crippen LogP) is 4.15. The van der Waals surface area contributed by atoms with Crippen LogP contribution in [-0.4, -0.2) is 22.0 Å². The molecule has 2 N–H and O–H groups in total. The van der Waals surface area contributed by atoms with E-state index in [9.17, 15) is 14.7 Å². The van der Waals surface area contributed by atoms with E-state index in [0.29, 0.717) is 10.2 Å². The standard InChI is InChI=1S/C18H17ClN2O3S/c19-12-5-3-9(4-6-12)13-8-25-18(20-13)21-16(22)14-10-1-2-11(7-10)15(14)17(23)24/h3-6,8,10-11,14-15H,1-2,7H2,(H,23,24)(H,20,21,22)/t10-,11-,14-,15+/m0/s1. The zero-order valence-corrected chi connectivity index (χ0v) is 14.9. The number of hydrogen-bond acceptors (Lipinski definition) is 4. The van der Waals surface area contributed by atoms with Crippen molar-refractivity contribution < 1.29 is 14.7 Å². The first-order valence-electron chi connectivity index (χ1n) is 8.28. The Hall–Kier alpha value is -1.92. The Morgan fingerprint density at radius 1 is 1.16 bits per heavy atom. The Balaban J connectivity index is 1.50. The Kier molecular flexibility index (Phi) is 4.25. The highest BCUT2D eigenvalue weighted by atomic mass is 35.5. The molecule has 2 aromatic rings. The van der Waals surface area contributed by atoms with E-state index in [1.807, 2.05) is 17.5 Å². The predicted molar refractivity (Wildman–Crippen MR) is 96.6 cm³/mol. The monoisotopic (exact) mass is 376 g/mol. The molecule has 0 spiro atoms. The fourth-order valence-corrected chi connectivity index (χ4v) is 5.15. The average Bonchev–Trinajstić information content (AvgIpc) is 3.30. The summed E-state index contributed by atoms with van der Waals surface area (Å²) in [6.45, 7) is 0. The van der Waals surface area contributed by atoms with Gasteiger partial charge in [-0.2, -0.15) is 0 Å². The van der Waals surface area contributed by atoms with Gasteiger partial charge in [0.1, 0.15) is 0 Å². The van der Waals surface area contributed by atoms with E-state index in [1.165, 1.54) is 11.3 Å². The first-order valence-corrected chi connectivity index (χ1v) is 9.54. The van der Waals surface area contributed by atoms with Crippen LogP contribution >= 0.6 is 22.9 Å². The summed E-state index contributed by atoms with van der Waals surface area (Å²) in [6, 6.07) is 7.33. The molecule has 4 rings (SSSR count). The number of nitrogens with zero attached hydrogens (tertiary/aromatic N) is 1. The summed E-state index contributed by atoms with van der Waals surface area (Å²) in [4.78, 5) is 28.7. The number of hydrogen-bond donors (Lipinski definition) is 2. The second-order valence-electron chi connectivity index (χ2n) is 6.76. The van der Waals surface area contributed by atoms with Gasteiger partial charge in [0.05, 0.1) is 17.5 Å². The van der Waals surface area contributed by atoms with Crippen LogP contribution in [0.15, 0.2) is 29.6 Å². The Bertz CT molecular complexity index is 820. The number of aromatic nitrogens is 1. The van der Waals surface area contributed by atoms with Crippen molar-refractivity contribution in [2.24, 2.45) is 23.7 Å². The summed E-state index contributed by atoms with van der Waals surface area (Å²) in [5.74, 6) is -1.75. The lowest BCUT2D eigenvalue weighted by molar-refractivity contribution is -0.148. The zero-order chi connectivity index (χ0) is 17.6. The van der Waals surface area contributed by atoms with Crippen LogP contribution in [0.4, 0.5) is 5.13 Å². The van der Waals surface area contributed by atoms with Gasteiger partial charge in [0, 0.05) is 16.0 Å². The molecule has 1 aromatic carbocycles. The minimum atomic E-state index is -0.853. The minimum absolute atomic E-state index is 0.138. The molecule has 2 aliphatic carbocycles. The molecular weight excluding hydrogens is 360 g/mol. The van der Waals surface area contributed by atoms with Gasteiger partial charge < -0.3 is 10.4 Å². The second kappa shape index (κ2) is 6.42. The van der Waals surface area contributed by atoms with Gasteiger partial charge in [0.15, 0.2) is 5.13 Å². The lowest BCUT2D eigenvalue weighted by Gasteiger charge is -2.26. The number of amides is 1. The van der Waals surface area contributed by atoms with Crippen molar-refractivity contribution in [2.75, 3.05) is 5.32 Å². The maximum atomic E-state index is 12.7. The van der Waals surface area contributed by atoms with Gasteiger partial charge in [0.2, 0.25) is 5.91 Å². The number of aliphatic carboxylic acids is 1. The lowest BCUT2D eigenvalue weighted by Crippen LogP contribution is -2.37. The van der Waals surface area contributed by atoms with Gasteiger partial charge in [-0.05, 0) is 43.2 Å². The van der Waals surface area contributed by atoms with Crippen molar-refractivity contribution in [3.63, 3.8) is 0 Å². The summed E-state index contributed by atoms with van der Waals surface area (Å²) < 4.78 is 0. The largest absolute Gasteiger partial charge is 0.481 e. The highest BCUT2D eigenvalue weighted by Crippen LogP contribution is 2.52. The topological polar surface area (TPSA) is 79.3 Å². The Morgan fingerprint density at radius 2 is 1.84 bits per heavy atom. The Morgan fingerprint density at radius 3 is 2.52 bits per heavy atom. The molecule has 4 atom stereocenters. The van der Waals surface area contributed by atoms with E-state index in [1.54, 1.807) is 12.1 Å². The molecule has 0 unspecified atom stereocenters. The molecule has 7 heteroatoms. The average molecular weight is 377 g/mol. The van der Waals surface area contributed by atoms with Crippen LogP contribution in [0.2, 0.25) is 5.02 Å². The molecule has 0 saturated heterocycles. The maximum absolute atomic E-state index is 12.7. The van der Waals surface area contributed by atoms with E-state index in [-0.39, 0.29) is 17.7 Å². The van der Waals surface area contributed by atoms with Crippen molar-refractivity contribution in [3.8, 4) is 11.3 Å². The maximum Gasteiger partial charge on any atom is 0.307 e. The number of carbonyl (C=O) groups excluding carboxylic acids is 1. The molecule has 1 heterocycles. The van der Waals surface area contributed by atoms with E-state index in [4.69, 9.17) is 11.6 Å². The van der Waals surface area contributed by atoms with Gasteiger partial charge in [0.25, 0.3) is 0 Å². The van der Waals surface area contributed by atoms with Crippen LogP contribution < -0.4 is 5.32 Å². The highest BCUT2D eigenvalue weighted by molar-refractivity contribution is 7.14. The van der Waals surface area contributed by atoms with Gasteiger partial charge >= 0.3 is 5.97 Å². The highest BCUT2D eigenvalue weighted by Gasteiger charge is 2.54. The molecule has 0 radical (unpaired) electrons. The van der Waals surface area contributed by atoms with Crippen LogP contribution in [-0.2, 0) is 9.59 Å². The van der Waals surface area contributed by atoms with Crippen molar-refractivity contribution in [1.29, 1.82) is 0 Å². The second-order valence-corrected chi connectivity index (χ2v) is 8.05. The number of halogens is 1. The smallest absolute Gasteiger partial charge is 0.307 e. The molecule has 2 saturated carbocycles. The van der Waals surface area contributed by atoms with Crippen molar-refractivity contribution >= 4 is 39.9 Å². The van der Waals surface area contributed by atoms with Crippen molar-refractivity contribution in [1.82, 2.24) is 4.98 Å². The number of benzene rings is 1. The number of nitrogens with one attached hydrogen (secondary N) is 1. The first-order chi connectivity index (χ1) is 12.0. The Labute approximate surface area is 154 Å². The third kappa shape index (κ3) is 3.04. The molecule has 0 aliphatic heterocycles. The van der Waals surface area contributed by atoms with Crippen LogP contribution in [0.25, 0.3) is 11.3 Å². The third-order valence-corrected chi connectivity index (χ3v) is 6.39. The summed E-state index contributed by atoms with van der Waals surface area (Å²) in [7, 11) is 0. The molecule has 130 valence electrons. The molecule has 25 heavy (non-hydrogen) atoms. The fourth-order valence-electron chi connectivity index (χ4n) is 4.30. The van der Waals surface area contributed by atoms with Gasteiger partial charge in [-0.15, -0.1) is 11.3 Å². The SMILES string of the molecule is O=C(O)[C@@H]1[C@H]2CC[C@@H](C2)[C@@H]1C(=O)Nc1nc(-c2ccc(Cl)cc2)cs1. The third-order valence-electron chi connectivity index (χ3n) is 5.38.